The summed E-state index contributed by atoms with van der Waals surface area (Å²) in [4.78, 5) is 12.5. The largest absolute Gasteiger partial charge is 0.452 e. The Balaban J connectivity index is 2.13. The van der Waals surface area contributed by atoms with Crippen molar-refractivity contribution in [3.8, 4) is 0 Å². The molecular weight excluding hydrogens is 236 g/mol. The summed E-state index contributed by atoms with van der Waals surface area (Å²) in [5, 5.41) is 4.58. The predicted molar refractivity (Wildman–Crippen MR) is 64.3 cm³/mol. The fraction of sp³-hybridized carbons (Fsp3) is 0.0833. The summed E-state index contributed by atoms with van der Waals surface area (Å²) in [5.74, 6) is 0.163. The Hall–Kier alpha value is -2.01. The molecule has 0 saturated carbocycles. The number of nitrogens with zero attached hydrogens (tertiary/aromatic N) is 2. The normalized spacial score (nSPS) is 10.9. The molecule has 0 aliphatic rings. The SMILES string of the molecule is Cc1cccc2cc(C(=O)c3cnns3)oc12. The van der Waals surface area contributed by atoms with Gasteiger partial charge in [0, 0.05) is 5.39 Å². The van der Waals surface area contributed by atoms with Gasteiger partial charge in [-0.3, -0.25) is 4.79 Å². The lowest BCUT2D eigenvalue weighted by Crippen LogP contribution is -1.95. The van der Waals surface area contributed by atoms with Crippen molar-refractivity contribution in [1.29, 1.82) is 0 Å². The van der Waals surface area contributed by atoms with E-state index in [-0.39, 0.29) is 5.78 Å². The second-order valence-corrected chi connectivity index (χ2v) is 4.50. The zero-order valence-corrected chi connectivity index (χ0v) is 9.82. The van der Waals surface area contributed by atoms with Crippen LogP contribution in [0.25, 0.3) is 11.0 Å². The van der Waals surface area contributed by atoms with Gasteiger partial charge in [0.25, 0.3) is 0 Å². The maximum atomic E-state index is 12.0. The van der Waals surface area contributed by atoms with Gasteiger partial charge in [0.1, 0.15) is 10.5 Å². The van der Waals surface area contributed by atoms with E-state index in [9.17, 15) is 4.79 Å². The van der Waals surface area contributed by atoms with Crippen molar-refractivity contribution < 1.29 is 9.21 Å². The van der Waals surface area contributed by atoms with Crippen LogP contribution in [0.5, 0.6) is 0 Å². The van der Waals surface area contributed by atoms with E-state index in [0.717, 1.165) is 28.1 Å². The summed E-state index contributed by atoms with van der Waals surface area (Å²) in [7, 11) is 0. The number of aromatic nitrogens is 2. The number of aryl methyl sites for hydroxylation is 1. The standard InChI is InChI=1S/C12H8N2O2S/c1-7-3-2-4-8-5-9(16-12(7)8)11(15)10-6-13-14-17-10/h2-6H,1H3. The number of benzene rings is 1. The molecule has 0 radical (unpaired) electrons. The quantitative estimate of drug-likeness (QED) is 0.650. The molecule has 0 fully saturated rings. The number of carbonyl (C=O) groups excluding carboxylic acids is 1. The Morgan fingerprint density at radius 1 is 1.41 bits per heavy atom. The van der Waals surface area contributed by atoms with Gasteiger partial charge in [-0.1, -0.05) is 22.7 Å². The summed E-state index contributed by atoms with van der Waals surface area (Å²) < 4.78 is 9.26. The first kappa shape index (κ1) is 10.2. The average Bonchev–Trinajstić information content (AvgIpc) is 2.98. The van der Waals surface area contributed by atoms with Gasteiger partial charge in [0.2, 0.25) is 5.78 Å². The summed E-state index contributed by atoms with van der Waals surface area (Å²) in [6.07, 6.45) is 1.45. The van der Waals surface area contributed by atoms with Crippen molar-refractivity contribution in [2.75, 3.05) is 0 Å². The van der Waals surface area contributed by atoms with Crippen molar-refractivity contribution >= 4 is 28.3 Å². The number of rotatable bonds is 2. The molecule has 0 amide bonds. The summed E-state index contributed by atoms with van der Waals surface area (Å²) in [5.41, 5.74) is 1.78. The Morgan fingerprint density at radius 3 is 3.00 bits per heavy atom. The Kier molecular flexibility index (Phi) is 2.26. The van der Waals surface area contributed by atoms with Crippen LogP contribution in [0.2, 0.25) is 0 Å². The number of ketones is 1. The van der Waals surface area contributed by atoms with Gasteiger partial charge < -0.3 is 4.42 Å². The lowest BCUT2D eigenvalue weighted by atomic mass is 10.2. The Bertz CT molecular complexity index is 686. The monoisotopic (exact) mass is 244 g/mol. The molecule has 0 atom stereocenters. The highest BCUT2D eigenvalue weighted by atomic mass is 32.1. The van der Waals surface area contributed by atoms with Gasteiger partial charge in [-0.05, 0) is 30.1 Å². The van der Waals surface area contributed by atoms with E-state index >= 15 is 0 Å². The van der Waals surface area contributed by atoms with Crippen LogP contribution in [0.1, 0.15) is 21.0 Å². The van der Waals surface area contributed by atoms with Crippen LogP contribution in [0.4, 0.5) is 0 Å². The first-order valence-corrected chi connectivity index (χ1v) is 5.84. The molecule has 0 N–H and O–H groups in total. The fourth-order valence-corrected chi connectivity index (χ4v) is 2.17. The molecule has 3 aromatic rings. The van der Waals surface area contributed by atoms with Crippen LogP contribution in [0.3, 0.4) is 0 Å². The molecule has 5 heteroatoms. The van der Waals surface area contributed by atoms with Crippen molar-refractivity contribution in [2.45, 2.75) is 6.92 Å². The van der Waals surface area contributed by atoms with E-state index in [0.29, 0.717) is 10.6 Å². The van der Waals surface area contributed by atoms with Crippen molar-refractivity contribution in [1.82, 2.24) is 9.59 Å². The first-order chi connectivity index (χ1) is 8.25. The molecule has 1 aromatic carbocycles. The number of hydrogen-bond acceptors (Lipinski definition) is 5. The minimum absolute atomic E-state index is 0.171. The minimum Gasteiger partial charge on any atom is -0.452 e. The van der Waals surface area contributed by atoms with E-state index in [1.165, 1.54) is 6.20 Å². The second kappa shape index (κ2) is 3.78. The topological polar surface area (TPSA) is 56.0 Å². The smallest absolute Gasteiger partial charge is 0.241 e. The molecule has 0 bridgehead atoms. The second-order valence-electron chi connectivity index (χ2n) is 3.71. The van der Waals surface area contributed by atoms with Gasteiger partial charge in [0.15, 0.2) is 5.76 Å². The molecule has 0 unspecified atom stereocenters. The summed E-state index contributed by atoms with van der Waals surface area (Å²) in [6.45, 7) is 1.95. The third kappa shape index (κ3) is 1.64. The molecule has 17 heavy (non-hydrogen) atoms. The molecule has 0 aliphatic heterocycles. The minimum atomic E-state index is -0.171. The number of para-hydroxylation sites is 1. The molecule has 0 spiro atoms. The third-order valence-corrected chi connectivity index (χ3v) is 3.21. The Labute approximate surface area is 101 Å². The van der Waals surface area contributed by atoms with Gasteiger partial charge in [-0.2, -0.15) is 0 Å². The number of carbonyl (C=O) groups is 1. The first-order valence-electron chi connectivity index (χ1n) is 5.07. The molecule has 2 aromatic heterocycles. The molecule has 4 nitrogen and oxygen atoms in total. The molecular formula is C12H8N2O2S. The number of furan rings is 1. The van der Waals surface area contributed by atoms with Crippen LogP contribution in [0, 0.1) is 6.92 Å². The van der Waals surface area contributed by atoms with Gasteiger partial charge >= 0.3 is 0 Å². The average molecular weight is 244 g/mol. The van der Waals surface area contributed by atoms with Crippen LogP contribution < -0.4 is 0 Å². The van der Waals surface area contributed by atoms with E-state index in [4.69, 9.17) is 4.42 Å². The lowest BCUT2D eigenvalue weighted by molar-refractivity contribution is 0.101. The van der Waals surface area contributed by atoms with E-state index in [2.05, 4.69) is 9.59 Å². The van der Waals surface area contributed by atoms with Crippen molar-refractivity contribution in [3.63, 3.8) is 0 Å². The van der Waals surface area contributed by atoms with E-state index in [1.807, 2.05) is 25.1 Å². The summed E-state index contributed by atoms with van der Waals surface area (Å²) >= 11 is 1.07. The van der Waals surface area contributed by atoms with Crippen LogP contribution in [-0.4, -0.2) is 15.4 Å². The highest BCUT2D eigenvalue weighted by Crippen LogP contribution is 2.24. The van der Waals surface area contributed by atoms with Crippen LogP contribution in [-0.2, 0) is 0 Å². The predicted octanol–water partition coefficient (Wildman–Crippen LogP) is 2.82. The fourth-order valence-electron chi connectivity index (χ4n) is 1.71. The van der Waals surface area contributed by atoms with E-state index in [1.54, 1.807) is 6.07 Å². The van der Waals surface area contributed by atoms with Gasteiger partial charge in [0.05, 0.1) is 6.20 Å². The van der Waals surface area contributed by atoms with E-state index < -0.39 is 0 Å². The highest BCUT2D eigenvalue weighted by Gasteiger charge is 2.17. The highest BCUT2D eigenvalue weighted by molar-refractivity contribution is 7.08. The third-order valence-electron chi connectivity index (χ3n) is 2.55. The van der Waals surface area contributed by atoms with Crippen molar-refractivity contribution in [2.24, 2.45) is 0 Å². The summed E-state index contributed by atoms with van der Waals surface area (Å²) in [6, 6.07) is 7.57. The zero-order valence-electron chi connectivity index (χ0n) is 9.01. The lowest BCUT2D eigenvalue weighted by Gasteiger charge is -1.92. The maximum absolute atomic E-state index is 12.0. The molecule has 3 rings (SSSR count). The molecule has 2 heterocycles. The number of hydrogen-bond donors (Lipinski definition) is 0. The zero-order chi connectivity index (χ0) is 11.8. The maximum Gasteiger partial charge on any atom is 0.241 e. The van der Waals surface area contributed by atoms with Crippen molar-refractivity contribution in [3.05, 3.63) is 46.7 Å². The molecule has 0 saturated heterocycles. The number of fused-ring (bicyclic) bond motifs is 1. The van der Waals surface area contributed by atoms with Gasteiger partial charge in [-0.15, -0.1) is 5.10 Å². The molecule has 84 valence electrons. The molecule has 0 aliphatic carbocycles. The van der Waals surface area contributed by atoms with Crippen LogP contribution >= 0.6 is 11.5 Å². The van der Waals surface area contributed by atoms with Crippen LogP contribution in [0.15, 0.2) is 34.9 Å². The van der Waals surface area contributed by atoms with Gasteiger partial charge in [-0.25, -0.2) is 0 Å². The Morgan fingerprint density at radius 2 is 2.29 bits per heavy atom.